The van der Waals surface area contributed by atoms with Crippen molar-refractivity contribution in [3.05, 3.63) is 35.9 Å². The zero-order chi connectivity index (χ0) is 12.7. The third kappa shape index (κ3) is 5.85. The van der Waals surface area contributed by atoms with E-state index in [0.717, 1.165) is 19.4 Å². The van der Waals surface area contributed by atoms with Crippen LogP contribution in [0, 0.1) is 5.41 Å². The Kier molecular flexibility index (Phi) is 5.66. The molecule has 1 rings (SSSR count). The zero-order valence-electron chi connectivity index (χ0n) is 11.2. The maximum Gasteiger partial charge on any atom is 0.0443 e. The van der Waals surface area contributed by atoms with Gasteiger partial charge in [0.05, 0.1) is 0 Å². The van der Waals surface area contributed by atoms with E-state index in [2.05, 4.69) is 50.4 Å². The highest BCUT2D eigenvalue weighted by Gasteiger charge is 2.19. The van der Waals surface area contributed by atoms with Gasteiger partial charge in [0.2, 0.25) is 0 Å². The molecule has 1 unspecified atom stereocenters. The molecular weight excluding hydrogens is 210 g/mol. The quantitative estimate of drug-likeness (QED) is 0.742. The van der Waals surface area contributed by atoms with Crippen LogP contribution in [-0.4, -0.2) is 18.3 Å². The largest absolute Gasteiger partial charge is 0.396 e. The van der Waals surface area contributed by atoms with Crippen LogP contribution in [0.1, 0.15) is 45.2 Å². The van der Waals surface area contributed by atoms with Gasteiger partial charge in [0, 0.05) is 12.6 Å². The highest BCUT2D eigenvalue weighted by atomic mass is 16.3. The van der Waals surface area contributed by atoms with E-state index in [4.69, 9.17) is 5.11 Å². The molecule has 0 amide bonds. The number of hydrogen-bond acceptors (Lipinski definition) is 2. The number of aliphatic hydroxyl groups excluding tert-OH is 1. The van der Waals surface area contributed by atoms with Crippen molar-refractivity contribution in [1.82, 2.24) is 5.32 Å². The van der Waals surface area contributed by atoms with Gasteiger partial charge >= 0.3 is 0 Å². The maximum absolute atomic E-state index is 8.84. The van der Waals surface area contributed by atoms with Gasteiger partial charge in [0.15, 0.2) is 0 Å². The van der Waals surface area contributed by atoms with Crippen molar-refractivity contribution in [2.75, 3.05) is 13.2 Å². The molecule has 2 nitrogen and oxygen atoms in total. The molecule has 0 aromatic heterocycles. The Bertz CT molecular complexity index is 302. The first-order chi connectivity index (χ1) is 8.03. The Morgan fingerprint density at radius 1 is 1.18 bits per heavy atom. The van der Waals surface area contributed by atoms with Crippen LogP contribution < -0.4 is 5.32 Å². The number of rotatable bonds is 6. The fourth-order valence-electron chi connectivity index (χ4n) is 1.96. The minimum atomic E-state index is 0.254. The van der Waals surface area contributed by atoms with Crippen LogP contribution in [0.5, 0.6) is 0 Å². The standard InChI is InChI=1S/C15H25NO/c1-15(2,3)12-14(16-10-7-11-17)13-8-5-4-6-9-13/h4-6,8-9,14,16-17H,7,10-12H2,1-3H3. The summed E-state index contributed by atoms with van der Waals surface area (Å²) in [6.45, 7) is 7.90. The number of hydrogen-bond donors (Lipinski definition) is 2. The Labute approximate surface area is 105 Å². The lowest BCUT2D eigenvalue weighted by atomic mass is 9.85. The first kappa shape index (κ1) is 14.2. The third-order valence-corrected chi connectivity index (χ3v) is 2.74. The summed E-state index contributed by atoms with van der Waals surface area (Å²) in [7, 11) is 0. The summed E-state index contributed by atoms with van der Waals surface area (Å²) in [4.78, 5) is 0. The van der Waals surface area contributed by atoms with Crippen LogP contribution in [0.2, 0.25) is 0 Å². The highest BCUT2D eigenvalue weighted by molar-refractivity contribution is 5.19. The van der Waals surface area contributed by atoms with E-state index in [-0.39, 0.29) is 6.61 Å². The molecule has 2 heteroatoms. The summed E-state index contributed by atoms with van der Waals surface area (Å²) >= 11 is 0. The van der Waals surface area contributed by atoms with Gasteiger partial charge in [0.25, 0.3) is 0 Å². The van der Waals surface area contributed by atoms with Crippen LogP contribution in [-0.2, 0) is 0 Å². The lowest BCUT2D eigenvalue weighted by Crippen LogP contribution is -2.27. The number of nitrogens with one attached hydrogen (secondary N) is 1. The first-order valence-corrected chi connectivity index (χ1v) is 6.42. The monoisotopic (exact) mass is 235 g/mol. The Balaban J connectivity index is 2.65. The molecule has 2 N–H and O–H groups in total. The molecule has 0 radical (unpaired) electrons. The van der Waals surface area contributed by atoms with Gasteiger partial charge in [0.1, 0.15) is 0 Å². The first-order valence-electron chi connectivity index (χ1n) is 6.42. The molecule has 1 atom stereocenters. The fraction of sp³-hybridized carbons (Fsp3) is 0.600. The second kappa shape index (κ2) is 6.77. The van der Waals surface area contributed by atoms with Crippen molar-refractivity contribution >= 4 is 0 Å². The zero-order valence-corrected chi connectivity index (χ0v) is 11.2. The van der Waals surface area contributed by atoms with Crippen molar-refractivity contribution in [3.63, 3.8) is 0 Å². The lowest BCUT2D eigenvalue weighted by molar-refractivity contribution is 0.271. The number of aliphatic hydroxyl groups is 1. The van der Waals surface area contributed by atoms with Crippen molar-refractivity contribution in [2.45, 2.75) is 39.7 Å². The third-order valence-electron chi connectivity index (χ3n) is 2.74. The van der Waals surface area contributed by atoms with Crippen LogP contribution in [0.4, 0.5) is 0 Å². The summed E-state index contributed by atoms with van der Waals surface area (Å²) in [6, 6.07) is 10.9. The predicted molar refractivity (Wildman–Crippen MR) is 73.0 cm³/mol. The van der Waals surface area contributed by atoms with Crippen LogP contribution in [0.3, 0.4) is 0 Å². The molecule has 0 aliphatic carbocycles. The summed E-state index contributed by atoms with van der Waals surface area (Å²) in [5.41, 5.74) is 1.63. The minimum Gasteiger partial charge on any atom is -0.396 e. The predicted octanol–water partition coefficient (Wildman–Crippen LogP) is 3.14. The van der Waals surface area contributed by atoms with Gasteiger partial charge in [-0.3, -0.25) is 0 Å². The molecule has 0 heterocycles. The second-order valence-corrected chi connectivity index (χ2v) is 5.76. The smallest absolute Gasteiger partial charge is 0.0443 e. The molecule has 96 valence electrons. The van der Waals surface area contributed by atoms with E-state index in [1.54, 1.807) is 0 Å². The van der Waals surface area contributed by atoms with Gasteiger partial charge in [-0.15, -0.1) is 0 Å². The van der Waals surface area contributed by atoms with E-state index >= 15 is 0 Å². The highest BCUT2D eigenvalue weighted by Crippen LogP contribution is 2.29. The van der Waals surface area contributed by atoms with E-state index in [0.29, 0.717) is 11.5 Å². The van der Waals surface area contributed by atoms with Gasteiger partial charge in [-0.1, -0.05) is 51.1 Å². The average Bonchev–Trinajstić information content (AvgIpc) is 2.28. The number of benzene rings is 1. The average molecular weight is 235 g/mol. The molecule has 17 heavy (non-hydrogen) atoms. The Hall–Kier alpha value is -0.860. The van der Waals surface area contributed by atoms with Gasteiger partial charge in [-0.2, -0.15) is 0 Å². The summed E-state index contributed by atoms with van der Waals surface area (Å²) in [5, 5.41) is 12.4. The molecule has 0 saturated heterocycles. The summed E-state index contributed by atoms with van der Waals surface area (Å²) < 4.78 is 0. The minimum absolute atomic E-state index is 0.254. The molecule has 0 bridgehead atoms. The summed E-state index contributed by atoms with van der Waals surface area (Å²) in [6.07, 6.45) is 1.91. The second-order valence-electron chi connectivity index (χ2n) is 5.76. The molecule has 0 fully saturated rings. The molecule has 0 aliphatic rings. The van der Waals surface area contributed by atoms with Gasteiger partial charge in [-0.05, 0) is 30.4 Å². The normalized spacial score (nSPS) is 13.6. The van der Waals surface area contributed by atoms with Crippen molar-refractivity contribution < 1.29 is 5.11 Å². The molecule has 0 aliphatic heterocycles. The Morgan fingerprint density at radius 3 is 2.35 bits per heavy atom. The molecular formula is C15H25NO. The van der Waals surface area contributed by atoms with Crippen molar-refractivity contribution in [3.8, 4) is 0 Å². The van der Waals surface area contributed by atoms with E-state index in [9.17, 15) is 0 Å². The topological polar surface area (TPSA) is 32.3 Å². The van der Waals surface area contributed by atoms with Crippen LogP contribution in [0.25, 0.3) is 0 Å². The van der Waals surface area contributed by atoms with Crippen LogP contribution >= 0.6 is 0 Å². The van der Waals surface area contributed by atoms with Crippen molar-refractivity contribution in [1.29, 1.82) is 0 Å². The van der Waals surface area contributed by atoms with Crippen molar-refractivity contribution in [2.24, 2.45) is 5.41 Å². The molecule has 1 aromatic rings. The lowest BCUT2D eigenvalue weighted by Gasteiger charge is -2.27. The van der Waals surface area contributed by atoms with E-state index in [1.807, 2.05) is 6.07 Å². The maximum atomic E-state index is 8.84. The van der Waals surface area contributed by atoms with Gasteiger partial charge in [-0.25, -0.2) is 0 Å². The van der Waals surface area contributed by atoms with E-state index < -0.39 is 0 Å². The molecule has 1 aromatic carbocycles. The molecule has 0 spiro atoms. The Morgan fingerprint density at radius 2 is 1.82 bits per heavy atom. The van der Waals surface area contributed by atoms with Gasteiger partial charge < -0.3 is 10.4 Å². The van der Waals surface area contributed by atoms with E-state index in [1.165, 1.54) is 5.56 Å². The molecule has 0 saturated carbocycles. The SMILES string of the molecule is CC(C)(C)CC(NCCCO)c1ccccc1. The summed E-state index contributed by atoms with van der Waals surface area (Å²) in [5.74, 6) is 0. The fourth-order valence-corrected chi connectivity index (χ4v) is 1.96. The van der Waals surface area contributed by atoms with Crippen LogP contribution in [0.15, 0.2) is 30.3 Å².